The summed E-state index contributed by atoms with van der Waals surface area (Å²) in [6.45, 7) is 0.719. The van der Waals surface area contributed by atoms with Crippen LogP contribution in [0.25, 0.3) is 10.2 Å². The maximum absolute atomic E-state index is 14.1. The summed E-state index contributed by atoms with van der Waals surface area (Å²) in [5, 5.41) is 0.194. The first kappa shape index (κ1) is 21.1. The summed E-state index contributed by atoms with van der Waals surface area (Å²) in [5.74, 6) is -2.74. The molecule has 0 saturated carbocycles. The average molecular weight is 416 g/mol. The van der Waals surface area contributed by atoms with Crippen molar-refractivity contribution in [1.29, 1.82) is 0 Å². The molecule has 0 saturated heterocycles. The second-order valence-electron chi connectivity index (χ2n) is 5.97. The number of fused-ring (bicyclic) bond motifs is 1. The van der Waals surface area contributed by atoms with E-state index in [1.165, 1.54) is 23.1 Å². The summed E-state index contributed by atoms with van der Waals surface area (Å²) in [4.78, 5) is 20.2. The van der Waals surface area contributed by atoms with Gasteiger partial charge in [0.1, 0.15) is 17.2 Å². The molecule has 144 valence electrons. The van der Waals surface area contributed by atoms with Gasteiger partial charge in [-0.25, -0.2) is 18.2 Å². The summed E-state index contributed by atoms with van der Waals surface area (Å²) in [5.41, 5.74) is -0.111. The molecule has 0 bridgehead atoms. The van der Waals surface area contributed by atoms with Crippen LogP contribution in [0.3, 0.4) is 0 Å². The quantitative estimate of drug-likeness (QED) is 0.621. The number of anilines is 1. The average Bonchev–Trinajstić information content (AvgIpc) is 2.99. The summed E-state index contributed by atoms with van der Waals surface area (Å²) in [7, 11) is 3.66. The molecule has 0 aliphatic heterocycles. The lowest BCUT2D eigenvalue weighted by atomic mass is 10.2. The van der Waals surface area contributed by atoms with Crippen molar-refractivity contribution in [3.8, 4) is 0 Å². The number of hydrogen-bond acceptors (Lipinski definition) is 4. The fourth-order valence-corrected chi connectivity index (χ4v) is 3.45. The van der Waals surface area contributed by atoms with Gasteiger partial charge in [-0.2, -0.15) is 0 Å². The minimum absolute atomic E-state index is 0. The Balaban J connectivity index is 0.00000261. The summed E-state index contributed by atoms with van der Waals surface area (Å²) < 4.78 is 41.7. The first-order valence-electron chi connectivity index (χ1n) is 7.83. The molecule has 9 heteroatoms. The maximum atomic E-state index is 14.1. The molecule has 4 nitrogen and oxygen atoms in total. The van der Waals surface area contributed by atoms with Crippen LogP contribution in [0.2, 0.25) is 0 Å². The third-order valence-electron chi connectivity index (χ3n) is 3.75. The van der Waals surface area contributed by atoms with Crippen LogP contribution in [0.4, 0.5) is 18.3 Å². The SMILES string of the molecule is CN(C)CCN(C(=O)c1ccccc1F)c1nc2c(F)cc(F)cc2s1.Cl. The Bertz CT molecular complexity index is 964. The van der Waals surface area contributed by atoms with Gasteiger partial charge in [-0.15, -0.1) is 12.4 Å². The van der Waals surface area contributed by atoms with E-state index in [4.69, 9.17) is 0 Å². The van der Waals surface area contributed by atoms with E-state index in [1.807, 2.05) is 19.0 Å². The number of thiazole rings is 1. The summed E-state index contributed by atoms with van der Waals surface area (Å²) in [6, 6.07) is 7.55. The highest BCUT2D eigenvalue weighted by Crippen LogP contribution is 2.32. The number of carbonyl (C=O) groups excluding carboxylic acids is 1. The largest absolute Gasteiger partial charge is 0.308 e. The number of benzene rings is 2. The van der Waals surface area contributed by atoms with Crippen molar-refractivity contribution in [2.75, 3.05) is 32.1 Å². The Morgan fingerprint density at radius 3 is 2.44 bits per heavy atom. The van der Waals surface area contributed by atoms with Gasteiger partial charge in [0.15, 0.2) is 10.9 Å². The number of rotatable bonds is 5. The number of aromatic nitrogens is 1. The van der Waals surface area contributed by atoms with Gasteiger partial charge in [0, 0.05) is 19.2 Å². The van der Waals surface area contributed by atoms with E-state index in [2.05, 4.69) is 4.98 Å². The van der Waals surface area contributed by atoms with E-state index < -0.39 is 23.4 Å². The van der Waals surface area contributed by atoms with Crippen LogP contribution in [0, 0.1) is 17.5 Å². The van der Waals surface area contributed by atoms with Crippen LogP contribution < -0.4 is 4.90 Å². The van der Waals surface area contributed by atoms with E-state index in [-0.39, 0.29) is 39.9 Å². The van der Waals surface area contributed by atoms with Crippen LogP contribution >= 0.6 is 23.7 Å². The van der Waals surface area contributed by atoms with Crippen molar-refractivity contribution in [3.05, 3.63) is 59.4 Å². The lowest BCUT2D eigenvalue weighted by molar-refractivity contribution is 0.0981. The summed E-state index contributed by atoms with van der Waals surface area (Å²) in [6.07, 6.45) is 0. The molecule has 0 unspecified atom stereocenters. The Hall–Kier alpha value is -2.16. The molecule has 0 aliphatic rings. The highest BCUT2D eigenvalue weighted by molar-refractivity contribution is 7.22. The zero-order valence-electron chi connectivity index (χ0n) is 14.6. The van der Waals surface area contributed by atoms with Gasteiger partial charge in [-0.05, 0) is 32.3 Å². The number of nitrogens with zero attached hydrogens (tertiary/aromatic N) is 3. The molecule has 0 N–H and O–H groups in total. The van der Waals surface area contributed by atoms with Gasteiger partial charge < -0.3 is 4.90 Å². The third-order valence-corrected chi connectivity index (χ3v) is 4.78. The van der Waals surface area contributed by atoms with Crippen molar-refractivity contribution in [2.24, 2.45) is 0 Å². The zero-order valence-corrected chi connectivity index (χ0v) is 16.2. The topological polar surface area (TPSA) is 36.4 Å². The van der Waals surface area contributed by atoms with Crippen LogP contribution in [0.1, 0.15) is 10.4 Å². The van der Waals surface area contributed by atoms with Crippen LogP contribution in [0.15, 0.2) is 36.4 Å². The molecule has 2 aromatic carbocycles. The highest BCUT2D eigenvalue weighted by atomic mass is 35.5. The zero-order chi connectivity index (χ0) is 18.8. The molecule has 1 amide bonds. The van der Waals surface area contributed by atoms with E-state index in [0.717, 1.165) is 23.5 Å². The van der Waals surface area contributed by atoms with Gasteiger partial charge in [0.25, 0.3) is 5.91 Å². The number of halogens is 4. The standard InChI is InChI=1S/C18H16F3N3OS.ClH/c1-23(2)7-8-24(17(25)12-5-3-4-6-13(12)20)18-22-16-14(21)9-11(19)10-15(16)26-18;/h3-6,9-10H,7-8H2,1-2H3;1H. The molecule has 1 aromatic heterocycles. The second kappa shape index (κ2) is 8.69. The molecule has 3 aromatic rings. The van der Waals surface area contributed by atoms with E-state index in [9.17, 15) is 18.0 Å². The molecule has 3 rings (SSSR count). The number of carbonyl (C=O) groups is 1. The van der Waals surface area contributed by atoms with Crippen molar-refractivity contribution in [2.45, 2.75) is 0 Å². The van der Waals surface area contributed by atoms with Crippen LogP contribution in [0.5, 0.6) is 0 Å². The predicted octanol–water partition coefficient (Wildman–Crippen LogP) is 4.34. The monoisotopic (exact) mass is 415 g/mol. The minimum atomic E-state index is -0.798. The van der Waals surface area contributed by atoms with Gasteiger partial charge in [0.05, 0.1) is 10.3 Å². The van der Waals surface area contributed by atoms with E-state index in [1.54, 1.807) is 6.07 Å². The third kappa shape index (κ3) is 4.58. The van der Waals surface area contributed by atoms with E-state index in [0.29, 0.717) is 6.54 Å². The van der Waals surface area contributed by atoms with Crippen LogP contribution in [-0.4, -0.2) is 43.0 Å². The molecule has 0 spiro atoms. The lowest BCUT2D eigenvalue weighted by Crippen LogP contribution is -2.37. The van der Waals surface area contributed by atoms with Gasteiger partial charge in [0.2, 0.25) is 0 Å². The van der Waals surface area contributed by atoms with Crippen molar-refractivity contribution < 1.29 is 18.0 Å². The van der Waals surface area contributed by atoms with Crippen LogP contribution in [-0.2, 0) is 0 Å². The van der Waals surface area contributed by atoms with E-state index >= 15 is 0 Å². The first-order chi connectivity index (χ1) is 12.4. The minimum Gasteiger partial charge on any atom is -0.308 e. The smallest absolute Gasteiger partial charge is 0.263 e. The van der Waals surface area contributed by atoms with Gasteiger partial charge in [-0.3, -0.25) is 9.69 Å². The Kier molecular flexibility index (Phi) is 6.80. The number of amides is 1. The highest BCUT2D eigenvalue weighted by Gasteiger charge is 2.24. The number of hydrogen-bond donors (Lipinski definition) is 0. The lowest BCUT2D eigenvalue weighted by Gasteiger charge is -2.22. The van der Waals surface area contributed by atoms with Gasteiger partial charge >= 0.3 is 0 Å². The molecule has 0 radical (unpaired) electrons. The fourth-order valence-electron chi connectivity index (χ4n) is 2.43. The molecule has 0 fully saturated rings. The molecular weight excluding hydrogens is 399 g/mol. The fraction of sp³-hybridized carbons (Fsp3) is 0.222. The molecule has 27 heavy (non-hydrogen) atoms. The molecule has 0 atom stereocenters. The molecule has 0 aliphatic carbocycles. The first-order valence-corrected chi connectivity index (χ1v) is 8.65. The maximum Gasteiger partial charge on any atom is 0.263 e. The second-order valence-corrected chi connectivity index (χ2v) is 6.98. The summed E-state index contributed by atoms with van der Waals surface area (Å²) >= 11 is 0.987. The van der Waals surface area contributed by atoms with Crippen molar-refractivity contribution in [3.63, 3.8) is 0 Å². The number of likely N-dealkylation sites (N-methyl/N-ethyl adjacent to an activating group) is 1. The molecular formula is C18H17ClF3N3OS. The Morgan fingerprint density at radius 2 is 1.78 bits per heavy atom. The van der Waals surface area contributed by atoms with Crippen molar-refractivity contribution in [1.82, 2.24) is 9.88 Å². The van der Waals surface area contributed by atoms with Crippen molar-refractivity contribution >= 4 is 45.0 Å². The molecule has 1 heterocycles. The Labute approximate surface area is 164 Å². The Morgan fingerprint density at radius 1 is 1.07 bits per heavy atom. The predicted molar refractivity (Wildman–Crippen MR) is 103 cm³/mol. The normalized spacial score (nSPS) is 10.9. The van der Waals surface area contributed by atoms with Gasteiger partial charge in [-0.1, -0.05) is 23.5 Å².